The summed E-state index contributed by atoms with van der Waals surface area (Å²) in [4.78, 5) is 12.1. The van der Waals surface area contributed by atoms with Crippen molar-refractivity contribution in [1.29, 1.82) is 0 Å². The van der Waals surface area contributed by atoms with Crippen LogP contribution in [0, 0.1) is 0 Å². The summed E-state index contributed by atoms with van der Waals surface area (Å²) < 4.78 is 13.8. The van der Waals surface area contributed by atoms with Gasteiger partial charge in [0.1, 0.15) is 22.8 Å². The Labute approximate surface area is 257 Å². The van der Waals surface area contributed by atoms with E-state index in [1.807, 2.05) is 32.3 Å². The molecule has 6 aromatic rings. The first kappa shape index (κ1) is 27.8. The molecule has 1 aliphatic heterocycles. The SMILES string of the molecule is CC(C)Oc1cnc2c(c1)c(-c1ccnc(N3CCOCC3)c1)nn2C(c1ccccc1)(c1ccccc1)c1ccccc1. The van der Waals surface area contributed by atoms with Gasteiger partial charge in [-0.15, -0.1) is 0 Å². The predicted molar refractivity (Wildman–Crippen MR) is 174 cm³/mol. The van der Waals surface area contributed by atoms with Crippen molar-refractivity contribution in [1.82, 2.24) is 19.7 Å². The summed E-state index contributed by atoms with van der Waals surface area (Å²) in [6.07, 6.45) is 3.69. The van der Waals surface area contributed by atoms with Gasteiger partial charge in [0.2, 0.25) is 0 Å². The van der Waals surface area contributed by atoms with Crippen molar-refractivity contribution >= 4 is 16.9 Å². The van der Waals surface area contributed by atoms with Crippen LogP contribution in [0.4, 0.5) is 5.82 Å². The topological polar surface area (TPSA) is 65.3 Å². The Bertz CT molecular complexity index is 1750. The standard InChI is InChI=1S/C37H35N5O2/c1-27(2)44-32-25-33-35(28-18-19-38-34(24-28)41-20-22-43-23-21-41)40-42(36(33)39-26-32)37(29-12-6-3-7-13-29,30-14-8-4-9-15-30)31-16-10-5-11-17-31/h3-19,24-27H,20-23H2,1-2H3. The Morgan fingerprint density at radius 2 is 1.34 bits per heavy atom. The highest BCUT2D eigenvalue weighted by Crippen LogP contribution is 2.44. The minimum atomic E-state index is -0.812. The highest BCUT2D eigenvalue weighted by atomic mass is 16.5. The van der Waals surface area contributed by atoms with Crippen molar-refractivity contribution < 1.29 is 9.47 Å². The molecule has 0 amide bonds. The van der Waals surface area contributed by atoms with Gasteiger partial charge in [-0.3, -0.25) is 0 Å². The van der Waals surface area contributed by atoms with Gasteiger partial charge < -0.3 is 14.4 Å². The molecule has 0 atom stereocenters. The minimum absolute atomic E-state index is 0.0126. The Hall–Kier alpha value is -5.01. The molecule has 44 heavy (non-hydrogen) atoms. The van der Waals surface area contributed by atoms with Crippen molar-refractivity contribution in [3.63, 3.8) is 0 Å². The van der Waals surface area contributed by atoms with Crippen molar-refractivity contribution in [2.45, 2.75) is 25.5 Å². The number of morpholine rings is 1. The Morgan fingerprint density at radius 3 is 1.91 bits per heavy atom. The lowest BCUT2D eigenvalue weighted by Crippen LogP contribution is -2.38. The second-order valence-electron chi connectivity index (χ2n) is 11.3. The zero-order valence-corrected chi connectivity index (χ0v) is 25.0. The van der Waals surface area contributed by atoms with Crippen LogP contribution in [0.5, 0.6) is 5.75 Å². The van der Waals surface area contributed by atoms with Gasteiger partial charge in [-0.1, -0.05) is 91.0 Å². The van der Waals surface area contributed by atoms with Gasteiger partial charge in [0, 0.05) is 24.8 Å². The molecule has 220 valence electrons. The molecule has 0 saturated carbocycles. The van der Waals surface area contributed by atoms with Crippen molar-refractivity contribution in [2.75, 3.05) is 31.2 Å². The van der Waals surface area contributed by atoms with Crippen molar-refractivity contribution in [3.8, 4) is 17.0 Å². The number of aromatic nitrogens is 4. The highest BCUT2D eigenvalue weighted by molar-refractivity contribution is 5.93. The number of hydrogen-bond donors (Lipinski definition) is 0. The molecule has 0 radical (unpaired) electrons. The van der Waals surface area contributed by atoms with Crippen LogP contribution in [0.15, 0.2) is 122 Å². The van der Waals surface area contributed by atoms with E-state index >= 15 is 0 Å². The molecule has 0 aliphatic carbocycles. The molecule has 7 rings (SSSR count). The van der Waals surface area contributed by atoms with Gasteiger partial charge in [-0.05, 0) is 48.7 Å². The number of nitrogens with zero attached hydrogens (tertiary/aromatic N) is 5. The number of fused-ring (bicyclic) bond motifs is 1. The van der Waals surface area contributed by atoms with Gasteiger partial charge in [0.05, 0.1) is 30.9 Å². The van der Waals surface area contributed by atoms with Crippen LogP contribution in [0.3, 0.4) is 0 Å². The molecule has 3 aromatic carbocycles. The third-order valence-corrected chi connectivity index (χ3v) is 8.12. The van der Waals surface area contributed by atoms with Gasteiger partial charge in [0.15, 0.2) is 5.65 Å². The summed E-state index contributed by atoms with van der Waals surface area (Å²) in [6, 6.07) is 37.9. The smallest absolute Gasteiger partial charge is 0.160 e. The third-order valence-electron chi connectivity index (χ3n) is 8.12. The van der Waals surface area contributed by atoms with Gasteiger partial charge in [0.25, 0.3) is 0 Å². The number of rotatable bonds is 8. The van der Waals surface area contributed by atoms with E-state index in [4.69, 9.17) is 24.5 Å². The number of anilines is 1. The van der Waals surface area contributed by atoms with E-state index in [9.17, 15) is 0 Å². The quantitative estimate of drug-likeness (QED) is 0.181. The van der Waals surface area contributed by atoms with Crippen molar-refractivity contribution in [2.24, 2.45) is 0 Å². The first-order valence-electron chi connectivity index (χ1n) is 15.2. The van der Waals surface area contributed by atoms with Gasteiger partial charge >= 0.3 is 0 Å². The Kier molecular flexibility index (Phi) is 7.54. The molecule has 0 spiro atoms. The van der Waals surface area contributed by atoms with Crippen LogP contribution < -0.4 is 9.64 Å². The molecular formula is C37H35N5O2. The monoisotopic (exact) mass is 581 g/mol. The maximum absolute atomic E-state index is 6.15. The molecule has 1 fully saturated rings. The van der Waals surface area contributed by atoms with E-state index in [2.05, 4.69) is 113 Å². The summed E-state index contributed by atoms with van der Waals surface area (Å²) in [6.45, 7) is 7.04. The lowest BCUT2D eigenvalue weighted by atomic mass is 9.77. The summed E-state index contributed by atoms with van der Waals surface area (Å²) in [5.41, 5.74) is 5.00. The fourth-order valence-corrected chi connectivity index (χ4v) is 6.20. The van der Waals surface area contributed by atoms with E-state index in [0.29, 0.717) is 19.0 Å². The second kappa shape index (κ2) is 11.9. The van der Waals surface area contributed by atoms with Gasteiger partial charge in [-0.2, -0.15) is 5.10 Å². The molecule has 1 saturated heterocycles. The molecule has 0 unspecified atom stereocenters. The van der Waals surface area contributed by atoms with E-state index < -0.39 is 5.54 Å². The third kappa shape index (κ3) is 4.99. The lowest BCUT2D eigenvalue weighted by Gasteiger charge is -2.36. The maximum atomic E-state index is 6.15. The molecule has 3 aromatic heterocycles. The molecule has 0 N–H and O–H groups in total. The fraction of sp³-hybridized carbons (Fsp3) is 0.216. The normalized spacial score (nSPS) is 13.8. The molecule has 1 aliphatic rings. The summed E-state index contributed by atoms with van der Waals surface area (Å²) >= 11 is 0. The maximum Gasteiger partial charge on any atom is 0.160 e. The van der Waals surface area contributed by atoms with Gasteiger partial charge in [-0.25, -0.2) is 14.6 Å². The predicted octanol–water partition coefficient (Wildman–Crippen LogP) is 6.96. The van der Waals surface area contributed by atoms with Crippen LogP contribution in [0.2, 0.25) is 0 Å². The first-order chi connectivity index (χ1) is 21.6. The molecule has 4 heterocycles. The van der Waals surface area contributed by atoms with Crippen LogP contribution >= 0.6 is 0 Å². The van der Waals surface area contributed by atoms with Crippen LogP contribution in [0.25, 0.3) is 22.3 Å². The van der Waals surface area contributed by atoms with E-state index in [-0.39, 0.29) is 6.10 Å². The number of benzene rings is 3. The fourth-order valence-electron chi connectivity index (χ4n) is 6.20. The summed E-state index contributed by atoms with van der Waals surface area (Å²) in [5.74, 6) is 1.62. The van der Waals surface area contributed by atoms with E-state index in [1.165, 1.54) is 0 Å². The molecule has 7 nitrogen and oxygen atoms in total. The first-order valence-corrected chi connectivity index (χ1v) is 15.2. The minimum Gasteiger partial charge on any atom is -0.489 e. The van der Waals surface area contributed by atoms with Crippen LogP contribution in [-0.2, 0) is 10.3 Å². The average molecular weight is 582 g/mol. The average Bonchev–Trinajstić information content (AvgIpc) is 3.46. The van der Waals surface area contributed by atoms with E-state index in [0.717, 1.165) is 57.9 Å². The zero-order chi connectivity index (χ0) is 29.9. The number of hydrogen-bond acceptors (Lipinski definition) is 6. The van der Waals surface area contributed by atoms with E-state index in [1.54, 1.807) is 0 Å². The lowest BCUT2D eigenvalue weighted by molar-refractivity contribution is 0.122. The zero-order valence-electron chi connectivity index (χ0n) is 25.0. The summed E-state index contributed by atoms with van der Waals surface area (Å²) in [7, 11) is 0. The second-order valence-corrected chi connectivity index (χ2v) is 11.3. The summed E-state index contributed by atoms with van der Waals surface area (Å²) in [5, 5.41) is 6.41. The van der Waals surface area contributed by atoms with Crippen LogP contribution in [-0.4, -0.2) is 52.2 Å². The Balaban J connectivity index is 1.55. The molecule has 7 heteroatoms. The number of pyridine rings is 2. The van der Waals surface area contributed by atoms with Crippen LogP contribution in [0.1, 0.15) is 30.5 Å². The largest absolute Gasteiger partial charge is 0.489 e. The molecule has 0 bridgehead atoms. The highest BCUT2D eigenvalue weighted by Gasteiger charge is 2.41. The van der Waals surface area contributed by atoms with Crippen molar-refractivity contribution in [3.05, 3.63) is 138 Å². The molecular weight excluding hydrogens is 546 g/mol. The number of ether oxygens (including phenoxy) is 2. The Morgan fingerprint density at radius 1 is 0.750 bits per heavy atom.